The monoisotopic (exact) mass is 381 g/mol. The van der Waals surface area contributed by atoms with Gasteiger partial charge in [0.05, 0.1) is 34.1 Å². The summed E-state index contributed by atoms with van der Waals surface area (Å²) in [5, 5.41) is 11.5. The summed E-state index contributed by atoms with van der Waals surface area (Å²) in [4.78, 5) is 27.9. The summed E-state index contributed by atoms with van der Waals surface area (Å²) in [6.07, 6.45) is 1.89. The zero-order valence-corrected chi connectivity index (χ0v) is 15.0. The number of hydrogen-bond donors (Lipinski definition) is 1. The molecule has 0 unspecified atom stereocenters. The van der Waals surface area contributed by atoms with Crippen LogP contribution >= 0.6 is 0 Å². The summed E-state index contributed by atoms with van der Waals surface area (Å²) < 4.78 is 28.7. The van der Waals surface area contributed by atoms with Gasteiger partial charge in [0, 0.05) is 43.4 Å². The van der Waals surface area contributed by atoms with Gasteiger partial charge in [-0.2, -0.15) is 0 Å². The molecule has 1 aliphatic heterocycles. The van der Waals surface area contributed by atoms with Crippen molar-refractivity contribution in [3.05, 3.63) is 40.1 Å². The lowest BCUT2D eigenvalue weighted by Crippen LogP contribution is -2.43. The standard InChI is InChI=1S/C16H19N3O6S/c1-25-6-5-18(12-4-7-26(23,24)10-12)16(20)14-9-17-15-8-11(19(21)22)2-3-13(14)15/h2-3,8-9,12,17H,4-7,10H2,1H3/t12-/m1/s1. The Balaban J connectivity index is 1.93. The van der Waals surface area contributed by atoms with Gasteiger partial charge < -0.3 is 14.6 Å². The molecule has 1 aliphatic rings. The van der Waals surface area contributed by atoms with Crippen molar-refractivity contribution in [3.63, 3.8) is 0 Å². The third-order valence-corrected chi connectivity index (χ3v) is 6.30. The lowest BCUT2D eigenvalue weighted by atomic mass is 10.1. The number of sulfone groups is 1. The van der Waals surface area contributed by atoms with Crippen molar-refractivity contribution in [3.8, 4) is 0 Å². The first-order valence-electron chi connectivity index (χ1n) is 8.08. The molecule has 0 spiro atoms. The largest absolute Gasteiger partial charge is 0.383 e. The number of ether oxygens (including phenoxy) is 1. The van der Waals surface area contributed by atoms with Crippen molar-refractivity contribution in [1.29, 1.82) is 0 Å². The number of methoxy groups -OCH3 is 1. The van der Waals surface area contributed by atoms with E-state index in [-0.39, 0.29) is 36.3 Å². The Morgan fingerprint density at radius 2 is 2.23 bits per heavy atom. The second kappa shape index (κ2) is 7.04. The Labute approximate surface area is 150 Å². The molecule has 1 fully saturated rings. The fraction of sp³-hybridized carbons (Fsp3) is 0.438. The lowest BCUT2D eigenvalue weighted by molar-refractivity contribution is -0.384. The first-order chi connectivity index (χ1) is 12.3. The maximum absolute atomic E-state index is 13.1. The quantitative estimate of drug-likeness (QED) is 0.595. The zero-order valence-electron chi connectivity index (χ0n) is 14.2. The van der Waals surface area contributed by atoms with E-state index in [1.807, 2.05) is 0 Å². The van der Waals surface area contributed by atoms with Gasteiger partial charge in [-0.1, -0.05) is 0 Å². The van der Waals surface area contributed by atoms with Gasteiger partial charge in [0.15, 0.2) is 9.84 Å². The van der Waals surface area contributed by atoms with Crippen LogP contribution in [0.15, 0.2) is 24.4 Å². The highest BCUT2D eigenvalue weighted by Crippen LogP contribution is 2.26. The zero-order chi connectivity index (χ0) is 18.9. The molecule has 1 aromatic heterocycles. The Morgan fingerprint density at radius 3 is 2.85 bits per heavy atom. The summed E-state index contributed by atoms with van der Waals surface area (Å²) in [6.45, 7) is 0.561. The number of nitro groups is 1. The predicted molar refractivity (Wildman–Crippen MR) is 94.9 cm³/mol. The van der Waals surface area contributed by atoms with Crippen molar-refractivity contribution in [2.45, 2.75) is 12.5 Å². The molecule has 2 heterocycles. The number of aromatic nitrogens is 1. The van der Waals surface area contributed by atoms with Crippen LogP contribution in [-0.4, -0.2) is 66.9 Å². The Bertz CT molecular complexity index is 952. The van der Waals surface area contributed by atoms with Crippen molar-refractivity contribution < 1.29 is 22.9 Å². The first-order valence-corrected chi connectivity index (χ1v) is 9.90. The highest BCUT2D eigenvalue weighted by Gasteiger charge is 2.35. The minimum atomic E-state index is -3.14. The van der Waals surface area contributed by atoms with E-state index in [1.54, 1.807) is 0 Å². The molecule has 26 heavy (non-hydrogen) atoms. The Kier molecular flexibility index (Phi) is 4.97. The van der Waals surface area contributed by atoms with E-state index >= 15 is 0 Å². The molecule has 1 N–H and O–H groups in total. The second-order valence-corrected chi connectivity index (χ2v) is 8.47. The minimum absolute atomic E-state index is 0.0592. The normalized spacial score (nSPS) is 18.9. The van der Waals surface area contributed by atoms with Crippen LogP contribution in [0.4, 0.5) is 5.69 Å². The van der Waals surface area contributed by atoms with E-state index in [4.69, 9.17) is 4.74 Å². The second-order valence-electron chi connectivity index (χ2n) is 6.24. The first kappa shape index (κ1) is 18.3. The van der Waals surface area contributed by atoms with E-state index in [0.717, 1.165) is 0 Å². The Hall–Kier alpha value is -2.46. The van der Waals surface area contributed by atoms with Gasteiger partial charge in [-0.15, -0.1) is 0 Å². The predicted octanol–water partition coefficient (Wildman–Crippen LogP) is 1.35. The highest BCUT2D eigenvalue weighted by atomic mass is 32.2. The number of fused-ring (bicyclic) bond motifs is 1. The summed E-state index contributed by atoms with van der Waals surface area (Å²) >= 11 is 0. The highest BCUT2D eigenvalue weighted by molar-refractivity contribution is 7.91. The van der Waals surface area contributed by atoms with E-state index in [2.05, 4.69) is 4.98 Å². The summed E-state index contributed by atoms with van der Waals surface area (Å²) in [7, 11) is -1.63. The molecule has 1 amide bonds. The number of H-pyrrole nitrogens is 1. The van der Waals surface area contributed by atoms with E-state index < -0.39 is 20.8 Å². The van der Waals surface area contributed by atoms with Crippen molar-refractivity contribution >= 4 is 32.3 Å². The average Bonchev–Trinajstić information content (AvgIpc) is 3.17. The van der Waals surface area contributed by atoms with Crippen LogP contribution < -0.4 is 0 Å². The molecule has 2 aromatic rings. The topological polar surface area (TPSA) is 123 Å². The van der Waals surface area contributed by atoms with Crippen LogP contribution in [-0.2, 0) is 14.6 Å². The minimum Gasteiger partial charge on any atom is -0.383 e. The maximum Gasteiger partial charge on any atom is 0.271 e. The Morgan fingerprint density at radius 1 is 1.46 bits per heavy atom. The molecule has 1 saturated heterocycles. The molecular formula is C16H19N3O6S. The third kappa shape index (κ3) is 3.56. The fourth-order valence-corrected chi connectivity index (χ4v) is 4.95. The number of nitrogens with zero attached hydrogens (tertiary/aromatic N) is 2. The van der Waals surface area contributed by atoms with Crippen LogP contribution in [0.25, 0.3) is 10.9 Å². The molecule has 1 atom stereocenters. The number of non-ortho nitro benzene ring substituents is 1. The van der Waals surface area contributed by atoms with Gasteiger partial charge in [-0.05, 0) is 12.5 Å². The van der Waals surface area contributed by atoms with Crippen LogP contribution in [0.2, 0.25) is 0 Å². The van der Waals surface area contributed by atoms with E-state index in [0.29, 0.717) is 22.9 Å². The smallest absolute Gasteiger partial charge is 0.271 e. The summed E-state index contributed by atoms with van der Waals surface area (Å²) in [6, 6.07) is 3.83. The maximum atomic E-state index is 13.1. The molecule has 1 aromatic carbocycles. The molecule has 3 rings (SSSR count). The number of nitro benzene ring substituents is 1. The van der Waals surface area contributed by atoms with Crippen LogP contribution in [0.3, 0.4) is 0 Å². The van der Waals surface area contributed by atoms with Gasteiger partial charge in [-0.25, -0.2) is 8.42 Å². The SMILES string of the molecule is COCCN(C(=O)c1c[nH]c2cc([N+](=O)[O-])ccc12)[C@@H]1CCS(=O)(=O)C1. The number of rotatable bonds is 6. The molecule has 0 bridgehead atoms. The van der Waals surface area contributed by atoms with Crippen LogP contribution in [0, 0.1) is 10.1 Å². The molecule has 0 saturated carbocycles. The van der Waals surface area contributed by atoms with Crippen LogP contribution in [0.1, 0.15) is 16.8 Å². The molecule has 0 radical (unpaired) electrons. The van der Waals surface area contributed by atoms with E-state index in [1.165, 1.54) is 36.4 Å². The van der Waals surface area contributed by atoms with E-state index in [9.17, 15) is 23.3 Å². The molecular weight excluding hydrogens is 362 g/mol. The average molecular weight is 381 g/mol. The van der Waals surface area contributed by atoms with Crippen molar-refractivity contribution in [2.75, 3.05) is 31.8 Å². The van der Waals surface area contributed by atoms with Gasteiger partial charge >= 0.3 is 0 Å². The number of carbonyl (C=O) groups is 1. The summed E-state index contributed by atoms with van der Waals surface area (Å²) in [5.41, 5.74) is 0.764. The molecule has 9 nitrogen and oxygen atoms in total. The molecule has 140 valence electrons. The van der Waals surface area contributed by atoms with Gasteiger partial charge in [0.1, 0.15) is 0 Å². The molecule has 10 heteroatoms. The van der Waals surface area contributed by atoms with Gasteiger partial charge in [-0.3, -0.25) is 14.9 Å². The lowest BCUT2D eigenvalue weighted by Gasteiger charge is -2.28. The number of carbonyl (C=O) groups excluding carboxylic acids is 1. The number of aromatic amines is 1. The summed E-state index contributed by atoms with van der Waals surface area (Å²) in [5.74, 6) is -0.311. The van der Waals surface area contributed by atoms with Crippen molar-refractivity contribution in [2.24, 2.45) is 0 Å². The van der Waals surface area contributed by atoms with Gasteiger partial charge in [0.2, 0.25) is 0 Å². The fourth-order valence-electron chi connectivity index (χ4n) is 3.22. The number of amides is 1. The van der Waals surface area contributed by atoms with Crippen molar-refractivity contribution in [1.82, 2.24) is 9.88 Å². The molecule has 0 aliphatic carbocycles. The van der Waals surface area contributed by atoms with Gasteiger partial charge in [0.25, 0.3) is 11.6 Å². The number of nitrogens with one attached hydrogen (secondary N) is 1. The number of benzene rings is 1. The third-order valence-electron chi connectivity index (χ3n) is 4.55. The number of hydrogen-bond acceptors (Lipinski definition) is 6. The van der Waals surface area contributed by atoms with Crippen LogP contribution in [0.5, 0.6) is 0 Å².